The number of hydrogen-bond donors (Lipinski definition) is 1. The van der Waals surface area contributed by atoms with E-state index in [1.807, 2.05) is 20.8 Å². The maximum atomic E-state index is 12.9. The van der Waals surface area contributed by atoms with Gasteiger partial charge in [-0.1, -0.05) is 26.8 Å². The monoisotopic (exact) mass is 582 g/mol. The summed E-state index contributed by atoms with van der Waals surface area (Å²) in [7, 11) is 1.63. The Morgan fingerprint density at radius 3 is 2.51 bits per heavy atom. The lowest BCUT2D eigenvalue weighted by molar-refractivity contribution is 0.0206. The maximum Gasteiger partial charge on any atom is 0.410 e. The quantitative estimate of drug-likeness (QED) is 0.405. The van der Waals surface area contributed by atoms with Gasteiger partial charge in [-0.2, -0.15) is 9.97 Å². The lowest BCUT2D eigenvalue weighted by Gasteiger charge is -2.35. The van der Waals surface area contributed by atoms with Crippen molar-refractivity contribution in [3.05, 3.63) is 23.8 Å². The van der Waals surface area contributed by atoms with Gasteiger partial charge in [0.05, 0.1) is 30.5 Å². The number of methoxy groups -OCH3 is 1. The third kappa shape index (κ3) is 6.83. The molecule has 1 amide bonds. The van der Waals surface area contributed by atoms with Gasteiger partial charge in [-0.25, -0.2) is 9.78 Å². The van der Waals surface area contributed by atoms with Crippen molar-refractivity contribution in [2.75, 3.05) is 56.7 Å². The molecule has 11 heteroatoms. The molecule has 10 nitrogen and oxygen atoms in total. The molecular formula is C30H42N6O4S. The van der Waals surface area contributed by atoms with Crippen molar-refractivity contribution in [3.8, 4) is 16.5 Å². The third-order valence-electron chi connectivity index (χ3n) is 7.23. The minimum atomic E-state index is -0.544. The molecule has 2 aromatic heterocycles. The van der Waals surface area contributed by atoms with Crippen LogP contribution in [0.4, 0.5) is 16.6 Å². The SMILES string of the molecule is COc1nc(N2CCOCC2)nc(NC2CCCN(C(=O)OC(C)(C)C)C2)c1-c1nc2cc(C(C)(C)C)ccc2s1. The van der Waals surface area contributed by atoms with Crippen LogP contribution in [-0.4, -0.2) is 84.1 Å². The molecule has 222 valence electrons. The first kappa shape index (κ1) is 29.3. The molecule has 1 N–H and O–H groups in total. The van der Waals surface area contributed by atoms with E-state index in [2.05, 4.69) is 49.2 Å². The molecule has 0 aliphatic carbocycles. The fraction of sp³-hybridized carbons (Fsp3) is 0.600. The molecule has 0 saturated carbocycles. The van der Waals surface area contributed by atoms with Crippen LogP contribution in [0.2, 0.25) is 0 Å². The molecule has 3 aromatic rings. The minimum absolute atomic E-state index is 0.0194. The van der Waals surface area contributed by atoms with Crippen molar-refractivity contribution in [1.82, 2.24) is 19.9 Å². The molecule has 4 heterocycles. The Morgan fingerprint density at radius 2 is 1.83 bits per heavy atom. The van der Waals surface area contributed by atoms with E-state index < -0.39 is 5.60 Å². The molecule has 0 spiro atoms. The molecule has 0 radical (unpaired) electrons. The predicted octanol–water partition coefficient (Wildman–Crippen LogP) is 5.71. The summed E-state index contributed by atoms with van der Waals surface area (Å²) in [6.45, 7) is 16.1. The Morgan fingerprint density at radius 1 is 1.07 bits per heavy atom. The molecule has 1 atom stereocenters. The second-order valence-electron chi connectivity index (χ2n) is 12.7. The van der Waals surface area contributed by atoms with Gasteiger partial charge in [-0.3, -0.25) is 0 Å². The van der Waals surface area contributed by atoms with Gasteiger partial charge in [-0.15, -0.1) is 11.3 Å². The van der Waals surface area contributed by atoms with Crippen molar-refractivity contribution >= 4 is 39.4 Å². The number of hydrogen-bond acceptors (Lipinski definition) is 10. The van der Waals surface area contributed by atoms with Crippen LogP contribution < -0.4 is 15.0 Å². The number of carbonyl (C=O) groups is 1. The molecule has 2 aliphatic rings. The van der Waals surface area contributed by atoms with E-state index in [0.717, 1.165) is 33.6 Å². The average Bonchev–Trinajstić information content (AvgIpc) is 3.35. The number of fused-ring (bicyclic) bond motifs is 1. The van der Waals surface area contributed by atoms with Crippen LogP contribution in [0.5, 0.6) is 5.88 Å². The second-order valence-corrected chi connectivity index (χ2v) is 13.7. The highest BCUT2D eigenvalue weighted by Crippen LogP contribution is 2.41. The highest BCUT2D eigenvalue weighted by Gasteiger charge is 2.30. The number of nitrogens with one attached hydrogen (secondary N) is 1. The van der Waals surface area contributed by atoms with Crippen LogP contribution in [0.3, 0.4) is 0 Å². The molecule has 0 bridgehead atoms. The van der Waals surface area contributed by atoms with E-state index >= 15 is 0 Å². The summed E-state index contributed by atoms with van der Waals surface area (Å²) in [5.41, 5.74) is 2.38. The van der Waals surface area contributed by atoms with Crippen molar-refractivity contribution < 1.29 is 19.0 Å². The van der Waals surface area contributed by atoms with Crippen molar-refractivity contribution in [3.63, 3.8) is 0 Å². The Labute approximate surface area is 246 Å². The van der Waals surface area contributed by atoms with Crippen molar-refractivity contribution in [2.45, 2.75) is 71.4 Å². The van der Waals surface area contributed by atoms with Crippen LogP contribution in [0.1, 0.15) is 59.9 Å². The number of carbonyl (C=O) groups excluding carboxylic acids is 1. The van der Waals surface area contributed by atoms with Crippen LogP contribution in [0.15, 0.2) is 18.2 Å². The van der Waals surface area contributed by atoms with E-state index in [0.29, 0.717) is 57.0 Å². The van der Waals surface area contributed by atoms with Gasteiger partial charge in [-0.05, 0) is 56.7 Å². The van der Waals surface area contributed by atoms with Gasteiger partial charge >= 0.3 is 6.09 Å². The number of thiazole rings is 1. The maximum absolute atomic E-state index is 12.9. The standard InChI is InChI=1S/C30H42N6O4S/c1-29(2,3)19-10-11-22-21(17-19)32-26(41-22)23-24(33-27(34-25(23)38-7)35-13-15-39-16-14-35)31-20-9-8-12-36(18-20)28(37)40-30(4,5)6/h10-11,17,20H,8-9,12-16,18H2,1-7H3,(H,31,33,34). The van der Waals surface area contributed by atoms with Gasteiger partial charge in [0.1, 0.15) is 22.0 Å². The molecule has 2 fully saturated rings. The molecule has 41 heavy (non-hydrogen) atoms. The minimum Gasteiger partial charge on any atom is -0.480 e. The highest BCUT2D eigenvalue weighted by atomic mass is 32.1. The normalized spacial score (nSPS) is 18.5. The Kier molecular flexibility index (Phi) is 8.29. The van der Waals surface area contributed by atoms with Gasteiger partial charge in [0.15, 0.2) is 0 Å². The van der Waals surface area contributed by atoms with Crippen LogP contribution in [0, 0.1) is 0 Å². The average molecular weight is 583 g/mol. The molecule has 1 aromatic carbocycles. The molecule has 2 aliphatic heterocycles. The number of aromatic nitrogens is 3. The molecule has 1 unspecified atom stereocenters. The smallest absolute Gasteiger partial charge is 0.410 e. The van der Waals surface area contributed by atoms with Crippen LogP contribution in [-0.2, 0) is 14.9 Å². The topological polar surface area (TPSA) is 102 Å². The Bertz CT molecular complexity index is 1390. The van der Waals surface area contributed by atoms with E-state index in [1.54, 1.807) is 23.3 Å². The number of morpholine rings is 1. The summed E-state index contributed by atoms with van der Waals surface area (Å²) in [4.78, 5) is 31.7. The zero-order chi connectivity index (χ0) is 29.4. The summed E-state index contributed by atoms with van der Waals surface area (Å²) >= 11 is 1.60. The zero-order valence-electron chi connectivity index (χ0n) is 25.2. The summed E-state index contributed by atoms with van der Waals surface area (Å²) < 4.78 is 18.2. The molecular weight excluding hydrogens is 540 g/mol. The van der Waals surface area contributed by atoms with Gasteiger partial charge in [0.2, 0.25) is 11.8 Å². The highest BCUT2D eigenvalue weighted by molar-refractivity contribution is 7.21. The van der Waals surface area contributed by atoms with Gasteiger partial charge in [0, 0.05) is 32.2 Å². The fourth-order valence-corrected chi connectivity index (χ4v) is 6.04. The number of nitrogens with zero attached hydrogens (tertiary/aromatic N) is 5. The number of anilines is 2. The predicted molar refractivity (Wildman–Crippen MR) is 163 cm³/mol. The molecule has 5 rings (SSSR count). The lowest BCUT2D eigenvalue weighted by Crippen LogP contribution is -2.47. The van der Waals surface area contributed by atoms with E-state index in [-0.39, 0.29) is 17.6 Å². The lowest BCUT2D eigenvalue weighted by atomic mass is 9.87. The first-order chi connectivity index (χ1) is 19.4. The van der Waals surface area contributed by atoms with Crippen LogP contribution in [0.25, 0.3) is 20.8 Å². The van der Waals surface area contributed by atoms with E-state index in [9.17, 15) is 4.79 Å². The van der Waals surface area contributed by atoms with Gasteiger partial charge < -0.3 is 29.3 Å². The van der Waals surface area contributed by atoms with E-state index in [1.165, 1.54) is 5.56 Å². The third-order valence-corrected chi connectivity index (χ3v) is 8.29. The van der Waals surface area contributed by atoms with E-state index in [4.69, 9.17) is 29.2 Å². The largest absolute Gasteiger partial charge is 0.480 e. The Balaban J connectivity index is 1.53. The number of amides is 1. The number of benzene rings is 1. The summed E-state index contributed by atoms with van der Waals surface area (Å²) in [5, 5.41) is 4.45. The van der Waals surface area contributed by atoms with Crippen LogP contribution >= 0.6 is 11.3 Å². The first-order valence-corrected chi connectivity index (χ1v) is 15.2. The number of likely N-dealkylation sites (tertiary alicyclic amines) is 1. The number of piperidine rings is 1. The Hall–Kier alpha value is -3.18. The summed E-state index contributed by atoms with van der Waals surface area (Å²) in [6.07, 6.45) is 1.47. The summed E-state index contributed by atoms with van der Waals surface area (Å²) in [6, 6.07) is 6.46. The zero-order valence-corrected chi connectivity index (χ0v) is 26.1. The molecule has 2 saturated heterocycles. The fourth-order valence-electron chi connectivity index (χ4n) is 5.06. The van der Waals surface area contributed by atoms with Crippen molar-refractivity contribution in [1.29, 1.82) is 0 Å². The van der Waals surface area contributed by atoms with Crippen molar-refractivity contribution in [2.24, 2.45) is 0 Å². The second kappa shape index (κ2) is 11.6. The number of ether oxygens (including phenoxy) is 3. The van der Waals surface area contributed by atoms with Gasteiger partial charge in [0.25, 0.3) is 0 Å². The number of rotatable bonds is 5. The summed E-state index contributed by atoms with van der Waals surface area (Å²) in [5.74, 6) is 1.72. The first-order valence-electron chi connectivity index (χ1n) is 14.4.